The predicted molar refractivity (Wildman–Crippen MR) is 77.8 cm³/mol. The first-order valence-corrected chi connectivity index (χ1v) is 6.58. The molecule has 20 heavy (non-hydrogen) atoms. The van der Waals surface area contributed by atoms with Gasteiger partial charge < -0.3 is 11.1 Å². The van der Waals surface area contributed by atoms with Gasteiger partial charge in [0.1, 0.15) is 12.7 Å². The van der Waals surface area contributed by atoms with Crippen molar-refractivity contribution in [3.8, 4) is 5.69 Å². The summed E-state index contributed by atoms with van der Waals surface area (Å²) in [7, 11) is 0. The van der Waals surface area contributed by atoms with Crippen LogP contribution in [0.4, 0.5) is 5.69 Å². The van der Waals surface area contributed by atoms with Gasteiger partial charge in [-0.05, 0) is 24.1 Å². The van der Waals surface area contributed by atoms with E-state index in [1.807, 2.05) is 13.8 Å². The minimum atomic E-state index is -0.586. The molecule has 0 aliphatic heterocycles. The first-order valence-electron chi connectivity index (χ1n) is 6.20. The van der Waals surface area contributed by atoms with Crippen LogP contribution in [0, 0.1) is 5.92 Å². The van der Waals surface area contributed by atoms with Crippen molar-refractivity contribution in [3.63, 3.8) is 0 Å². The number of nitrogens with zero attached hydrogens (tertiary/aromatic N) is 3. The molecule has 0 fully saturated rings. The molecule has 2 aromatic rings. The molecule has 6 nitrogen and oxygen atoms in total. The fraction of sp³-hybridized carbons (Fsp3) is 0.308. The Morgan fingerprint density at radius 1 is 1.45 bits per heavy atom. The first kappa shape index (κ1) is 14.5. The Morgan fingerprint density at radius 3 is 2.80 bits per heavy atom. The van der Waals surface area contributed by atoms with Gasteiger partial charge in [0.2, 0.25) is 5.91 Å². The first-order chi connectivity index (χ1) is 9.49. The van der Waals surface area contributed by atoms with Crippen LogP contribution in [0.1, 0.15) is 13.8 Å². The lowest BCUT2D eigenvalue weighted by molar-refractivity contribution is -0.118. The molecule has 1 heterocycles. The SMILES string of the molecule is CC(C)[C@@H](N)C(=O)Nc1cc(Cl)ccc1-n1cncn1. The molecule has 1 atom stereocenters. The molecule has 106 valence electrons. The number of carbonyl (C=O) groups is 1. The van der Waals surface area contributed by atoms with E-state index in [0.29, 0.717) is 16.4 Å². The van der Waals surface area contributed by atoms with Crippen LogP contribution in [-0.4, -0.2) is 26.7 Å². The normalized spacial score (nSPS) is 12.4. The van der Waals surface area contributed by atoms with E-state index in [9.17, 15) is 4.79 Å². The minimum absolute atomic E-state index is 0.0454. The fourth-order valence-corrected chi connectivity index (χ4v) is 1.83. The minimum Gasteiger partial charge on any atom is -0.323 e. The standard InChI is InChI=1S/C13H16ClN5O/c1-8(2)12(15)13(20)18-10-5-9(14)3-4-11(10)19-7-16-6-17-19/h3-8,12H,15H2,1-2H3,(H,18,20)/t12-/m1/s1. The number of anilines is 1. The Balaban J connectivity index is 2.31. The van der Waals surface area contributed by atoms with Crippen molar-refractivity contribution in [3.05, 3.63) is 35.9 Å². The smallest absolute Gasteiger partial charge is 0.241 e. The maximum atomic E-state index is 12.1. The zero-order valence-corrected chi connectivity index (χ0v) is 12.0. The Morgan fingerprint density at radius 2 is 2.20 bits per heavy atom. The molecule has 0 aliphatic carbocycles. The molecule has 3 N–H and O–H groups in total. The Labute approximate surface area is 121 Å². The molecular weight excluding hydrogens is 278 g/mol. The number of hydrogen-bond donors (Lipinski definition) is 2. The van der Waals surface area contributed by atoms with Gasteiger partial charge in [-0.1, -0.05) is 25.4 Å². The van der Waals surface area contributed by atoms with Gasteiger partial charge >= 0.3 is 0 Å². The number of halogens is 1. The molecule has 2 rings (SSSR count). The number of hydrogen-bond acceptors (Lipinski definition) is 4. The van der Waals surface area contributed by atoms with Crippen molar-refractivity contribution in [2.45, 2.75) is 19.9 Å². The highest BCUT2D eigenvalue weighted by Gasteiger charge is 2.19. The monoisotopic (exact) mass is 293 g/mol. The molecule has 0 saturated heterocycles. The van der Waals surface area contributed by atoms with Gasteiger partial charge in [0.15, 0.2) is 0 Å². The molecule has 0 aliphatic rings. The maximum absolute atomic E-state index is 12.1. The maximum Gasteiger partial charge on any atom is 0.241 e. The molecule has 1 amide bonds. The van der Waals surface area contributed by atoms with Gasteiger partial charge in [-0.3, -0.25) is 4.79 Å². The number of amides is 1. The molecular formula is C13H16ClN5O. The quantitative estimate of drug-likeness (QED) is 0.900. The molecule has 0 bridgehead atoms. The molecule has 0 unspecified atom stereocenters. The highest BCUT2D eigenvalue weighted by atomic mass is 35.5. The van der Waals surface area contributed by atoms with Crippen LogP contribution in [0.3, 0.4) is 0 Å². The van der Waals surface area contributed by atoms with Gasteiger partial charge in [0, 0.05) is 5.02 Å². The van der Waals surface area contributed by atoms with E-state index in [4.69, 9.17) is 17.3 Å². The third-order valence-corrected chi connectivity index (χ3v) is 3.14. The Bertz CT molecular complexity index is 597. The van der Waals surface area contributed by atoms with Crippen molar-refractivity contribution in [2.75, 3.05) is 5.32 Å². The van der Waals surface area contributed by atoms with E-state index in [0.717, 1.165) is 0 Å². The van der Waals surface area contributed by atoms with E-state index in [1.165, 1.54) is 6.33 Å². The van der Waals surface area contributed by atoms with E-state index < -0.39 is 6.04 Å². The van der Waals surface area contributed by atoms with Crippen LogP contribution < -0.4 is 11.1 Å². The van der Waals surface area contributed by atoms with Crippen LogP contribution >= 0.6 is 11.6 Å². The number of benzene rings is 1. The lowest BCUT2D eigenvalue weighted by atomic mass is 10.0. The number of nitrogens with two attached hydrogens (primary N) is 1. The van der Waals surface area contributed by atoms with Crippen LogP contribution in [-0.2, 0) is 4.79 Å². The number of aromatic nitrogens is 3. The van der Waals surface area contributed by atoms with Crippen LogP contribution in [0.25, 0.3) is 5.69 Å². The van der Waals surface area contributed by atoms with E-state index in [2.05, 4.69) is 15.4 Å². The summed E-state index contributed by atoms with van der Waals surface area (Å²) in [6.45, 7) is 3.78. The molecule has 7 heteroatoms. The third-order valence-electron chi connectivity index (χ3n) is 2.90. The highest BCUT2D eigenvalue weighted by Crippen LogP contribution is 2.24. The number of rotatable bonds is 4. The number of nitrogens with one attached hydrogen (secondary N) is 1. The zero-order valence-electron chi connectivity index (χ0n) is 11.2. The summed E-state index contributed by atoms with van der Waals surface area (Å²) >= 11 is 5.98. The molecule has 1 aromatic heterocycles. The summed E-state index contributed by atoms with van der Waals surface area (Å²) in [5.41, 5.74) is 7.06. The molecule has 0 spiro atoms. The van der Waals surface area contributed by atoms with Gasteiger partial charge in [-0.15, -0.1) is 0 Å². The van der Waals surface area contributed by atoms with Gasteiger partial charge in [-0.25, -0.2) is 9.67 Å². The molecule has 1 aromatic carbocycles. The van der Waals surface area contributed by atoms with Crippen LogP contribution in [0.5, 0.6) is 0 Å². The summed E-state index contributed by atoms with van der Waals surface area (Å²) < 4.78 is 1.55. The number of carbonyl (C=O) groups excluding carboxylic acids is 1. The average Bonchev–Trinajstić information content (AvgIpc) is 2.91. The summed E-state index contributed by atoms with van der Waals surface area (Å²) in [5.74, 6) is -0.215. The lowest BCUT2D eigenvalue weighted by Crippen LogP contribution is -2.39. The van der Waals surface area contributed by atoms with Crippen molar-refractivity contribution < 1.29 is 4.79 Å². The van der Waals surface area contributed by atoms with Gasteiger partial charge in [-0.2, -0.15) is 5.10 Å². The second-order valence-electron chi connectivity index (χ2n) is 4.76. The largest absolute Gasteiger partial charge is 0.323 e. The fourth-order valence-electron chi connectivity index (χ4n) is 1.66. The molecule has 0 saturated carbocycles. The summed E-state index contributed by atoms with van der Waals surface area (Å²) in [5, 5.41) is 7.34. The van der Waals surface area contributed by atoms with E-state index in [1.54, 1.807) is 29.2 Å². The molecule has 0 radical (unpaired) electrons. The van der Waals surface area contributed by atoms with Crippen LogP contribution in [0.2, 0.25) is 5.02 Å². The van der Waals surface area contributed by atoms with Crippen molar-refractivity contribution in [1.29, 1.82) is 0 Å². The average molecular weight is 294 g/mol. The van der Waals surface area contributed by atoms with Crippen molar-refractivity contribution in [1.82, 2.24) is 14.8 Å². The van der Waals surface area contributed by atoms with Crippen molar-refractivity contribution >= 4 is 23.2 Å². The lowest BCUT2D eigenvalue weighted by Gasteiger charge is -2.17. The third kappa shape index (κ3) is 3.15. The topological polar surface area (TPSA) is 85.8 Å². The van der Waals surface area contributed by atoms with E-state index in [-0.39, 0.29) is 11.8 Å². The summed E-state index contributed by atoms with van der Waals surface area (Å²) in [6.07, 6.45) is 2.96. The van der Waals surface area contributed by atoms with Gasteiger partial charge in [0.05, 0.1) is 17.4 Å². The summed E-state index contributed by atoms with van der Waals surface area (Å²) in [4.78, 5) is 15.9. The van der Waals surface area contributed by atoms with Crippen molar-refractivity contribution in [2.24, 2.45) is 11.7 Å². The second-order valence-corrected chi connectivity index (χ2v) is 5.20. The highest BCUT2D eigenvalue weighted by molar-refractivity contribution is 6.31. The Kier molecular flexibility index (Phi) is 4.36. The predicted octanol–water partition coefficient (Wildman–Crippen LogP) is 1.84. The van der Waals surface area contributed by atoms with Gasteiger partial charge in [0.25, 0.3) is 0 Å². The Hall–Kier alpha value is -1.92. The summed E-state index contributed by atoms with van der Waals surface area (Å²) in [6, 6.07) is 4.55. The van der Waals surface area contributed by atoms with E-state index >= 15 is 0 Å². The zero-order chi connectivity index (χ0) is 14.7. The van der Waals surface area contributed by atoms with Crippen LogP contribution in [0.15, 0.2) is 30.9 Å². The second kappa shape index (κ2) is 6.02.